The van der Waals surface area contributed by atoms with Crippen molar-refractivity contribution in [2.45, 2.75) is 73.3 Å². The quantitative estimate of drug-likeness (QED) is 0.207. The first-order chi connectivity index (χ1) is 18.8. The minimum atomic E-state index is -4.12. The van der Waals surface area contributed by atoms with Gasteiger partial charge in [-0.3, -0.25) is 23.3 Å². The normalized spacial score (nSPS) is 13.0. The molecule has 0 saturated heterocycles. The van der Waals surface area contributed by atoms with Crippen LogP contribution in [0.2, 0.25) is 5.15 Å². The number of aromatic nitrogens is 3. The highest BCUT2D eigenvalue weighted by Gasteiger charge is 2.37. The molecule has 2 aromatic heterocycles. The third-order valence-electron chi connectivity index (χ3n) is 5.31. The zero-order valence-corrected chi connectivity index (χ0v) is 25.6. The Bertz CT molecular complexity index is 1600. The van der Waals surface area contributed by atoms with Crippen molar-refractivity contribution in [2.24, 2.45) is 0 Å². The van der Waals surface area contributed by atoms with Gasteiger partial charge in [0.05, 0.1) is 28.1 Å². The topological polar surface area (TPSA) is 128 Å². The Kier molecular flexibility index (Phi) is 9.43. The lowest BCUT2D eigenvalue weighted by Crippen LogP contribution is -2.25. The molecule has 2 heterocycles. The highest BCUT2D eigenvalue weighted by molar-refractivity contribution is 7.48. The zero-order chi connectivity index (χ0) is 30.9. The van der Waals surface area contributed by atoms with Gasteiger partial charge in [-0.1, -0.05) is 17.7 Å². The van der Waals surface area contributed by atoms with Gasteiger partial charge in [-0.2, -0.15) is 10.4 Å². The van der Waals surface area contributed by atoms with E-state index in [-0.39, 0.29) is 32.9 Å². The molecule has 0 aliphatic carbocycles. The van der Waals surface area contributed by atoms with Crippen molar-refractivity contribution >= 4 is 48.0 Å². The van der Waals surface area contributed by atoms with E-state index in [0.717, 1.165) is 4.68 Å². The third-order valence-corrected chi connectivity index (χ3v) is 7.68. The first-order valence-electron chi connectivity index (χ1n) is 12.4. The average Bonchev–Trinajstić information content (AvgIpc) is 3.16. The summed E-state index contributed by atoms with van der Waals surface area (Å²) in [5.74, 6) is -3.40. The lowest BCUT2D eigenvalue weighted by Gasteiger charge is -2.30. The number of pyridine rings is 1. The van der Waals surface area contributed by atoms with Crippen molar-refractivity contribution in [3.63, 3.8) is 0 Å². The molecule has 0 unspecified atom stereocenters. The van der Waals surface area contributed by atoms with E-state index < -0.39 is 43.3 Å². The van der Waals surface area contributed by atoms with Crippen LogP contribution in [0.15, 0.2) is 24.2 Å². The molecule has 1 aromatic carbocycles. The highest BCUT2D eigenvalue weighted by atomic mass is 35.5. The van der Waals surface area contributed by atoms with Crippen LogP contribution in [-0.2, 0) is 29.7 Å². The number of nitrogens with one attached hydrogen (secondary N) is 1. The molecule has 0 aliphatic heterocycles. The number of phosphoric acid groups is 1. The molecule has 0 fully saturated rings. The van der Waals surface area contributed by atoms with Crippen LogP contribution in [0, 0.1) is 31.0 Å². The van der Waals surface area contributed by atoms with Crippen molar-refractivity contribution in [1.82, 2.24) is 14.8 Å². The summed E-state index contributed by atoms with van der Waals surface area (Å²) >= 11 is 6.38. The number of carbonyl (C=O) groups is 1. The van der Waals surface area contributed by atoms with Gasteiger partial charge in [0, 0.05) is 17.1 Å². The van der Waals surface area contributed by atoms with Crippen LogP contribution in [0.4, 0.5) is 14.5 Å². The number of aryl methyl sites for hydroxylation is 1. The number of fused-ring (bicyclic) bond motifs is 1. The summed E-state index contributed by atoms with van der Waals surface area (Å²) in [5.41, 5.74) is -1.07. The molecule has 0 saturated carbocycles. The average molecular weight is 610 g/mol. The molecule has 0 radical (unpaired) electrons. The Morgan fingerprint density at radius 3 is 2.37 bits per heavy atom. The van der Waals surface area contributed by atoms with Crippen LogP contribution in [0.1, 0.15) is 63.9 Å². The number of nitrogens with zero attached hydrogens (tertiary/aromatic N) is 4. The van der Waals surface area contributed by atoms with E-state index >= 15 is 4.39 Å². The summed E-state index contributed by atoms with van der Waals surface area (Å²) in [4.78, 5) is 16.6. The lowest BCUT2D eigenvalue weighted by atomic mass is 10.1. The highest BCUT2D eigenvalue weighted by Crippen LogP contribution is 2.55. The van der Waals surface area contributed by atoms with Gasteiger partial charge in [0.1, 0.15) is 16.7 Å². The first-order valence-corrected chi connectivity index (χ1v) is 14.2. The van der Waals surface area contributed by atoms with Crippen molar-refractivity contribution in [3.05, 3.63) is 57.5 Å². The Morgan fingerprint density at radius 2 is 1.80 bits per heavy atom. The van der Waals surface area contributed by atoms with Gasteiger partial charge in [0.25, 0.3) is 5.91 Å². The van der Waals surface area contributed by atoms with E-state index in [2.05, 4.69) is 15.4 Å². The minimum absolute atomic E-state index is 0.0402. The van der Waals surface area contributed by atoms with Crippen LogP contribution in [0.3, 0.4) is 0 Å². The summed E-state index contributed by atoms with van der Waals surface area (Å²) in [7, 11) is -4.12. The second kappa shape index (κ2) is 12.0. The Balaban J connectivity index is 1.89. The fraction of sp³-hybridized carbons (Fsp3) is 0.407. The van der Waals surface area contributed by atoms with Gasteiger partial charge in [0.2, 0.25) is 0 Å². The summed E-state index contributed by atoms with van der Waals surface area (Å²) in [6, 6.07) is 4.57. The molecule has 14 heteroatoms. The molecule has 41 heavy (non-hydrogen) atoms. The summed E-state index contributed by atoms with van der Waals surface area (Å²) in [6.45, 7) is 12.7. The second-order valence-corrected chi connectivity index (χ2v) is 13.0. The van der Waals surface area contributed by atoms with Gasteiger partial charge < -0.3 is 5.32 Å². The van der Waals surface area contributed by atoms with Gasteiger partial charge in [-0.25, -0.2) is 18.0 Å². The van der Waals surface area contributed by atoms with Gasteiger partial charge in [0.15, 0.2) is 18.4 Å². The molecule has 3 rings (SSSR count). The molecule has 1 amide bonds. The monoisotopic (exact) mass is 609 g/mol. The van der Waals surface area contributed by atoms with E-state index in [4.69, 9.17) is 25.2 Å². The van der Waals surface area contributed by atoms with Gasteiger partial charge >= 0.3 is 7.82 Å². The largest absolute Gasteiger partial charge is 0.477 e. The maximum atomic E-state index is 15.4. The Morgan fingerprint density at radius 1 is 1.20 bits per heavy atom. The number of nitriles is 1. The standard InChI is InChI=1S/C27H31ClF2N5O5P/c1-15-18(12-31)13-32-16(2)22(15)33-25(36)20(29)11-17-9-10-19-23(21(17)30)34-35(24(19)28)14-38-41(37,39-26(3,4)5)40-27(6,7)8/h9-11,13H,14H2,1-8H3,(H,33,36)/b20-11-. The molecular formula is C27H31ClF2N5O5P. The van der Waals surface area contributed by atoms with Crippen LogP contribution < -0.4 is 5.32 Å². The predicted molar refractivity (Wildman–Crippen MR) is 151 cm³/mol. The number of amides is 1. The first kappa shape index (κ1) is 32.3. The zero-order valence-electron chi connectivity index (χ0n) is 23.9. The van der Waals surface area contributed by atoms with E-state index in [1.165, 1.54) is 18.3 Å². The number of rotatable bonds is 8. The number of carbonyl (C=O) groups excluding carboxylic acids is 1. The number of halogens is 3. The molecule has 1 N–H and O–H groups in total. The SMILES string of the molecule is Cc1ncc(C#N)c(C)c1NC(=O)/C(F)=C/c1ccc2c(Cl)n(COP(=O)(OC(C)(C)C)OC(C)(C)C)nc2c1F. The van der Waals surface area contributed by atoms with Crippen LogP contribution in [-0.4, -0.2) is 31.9 Å². The van der Waals surface area contributed by atoms with Gasteiger partial charge in [-0.15, -0.1) is 0 Å². The molecule has 0 spiro atoms. The summed E-state index contributed by atoms with van der Waals surface area (Å²) < 4.78 is 61.3. The number of anilines is 1. The second-order valence-electron chi connectivity index (χ2n) is 11.1. The van der Waals surface area contributed by atoms with Crippen LogP contribution in [0.25, 0.3) is 17.0 Å². The van der Waals surface area contributed by atoms with E-state index in [1.807, 2.05) is 6.07 Å². The fourth-order valence-electron chi connectivity index (χ4n) is 3.61. The molecule has 220 valence electrons. The van der Waals surface area contributed by atoms with E-state index in [1.54, 1.807) is 55.4 Å². The van der Waals surface area contributed by atoms with E-state index in [0.29, 0.717) is 17.3 Å². The summed E-state index contributed by atoms with van der Waals surface area (Å²) in [6.07, 6.45) is 2.06. The molecular weight excluding hydrogens is 579 g/mol. The van der Waals surface area contributed by atoms with Crippen molar-refractivity contribution in [2.75, 3.05) is 5.32 Å². The molecule has 3 aromatic rings. The number of hydrogen-bond acceptors (Lipinski definition) is 8. The van der Waals surface area contributed by atoms with Crippen molar-refractivity contribution in [3.8, 4) is 6.07 Å². The van der Waals surface area contributed by atoms with Crippen LogP contribution in [0.5, 0.6) is 0 Å². The van der Waals surface area contributed by atoms with Gasteiger partial charge in [-0.05, 0) is 73.1 Å². The molecule has 10 nitrogen and oxygen atoms in total. The van der Waals surface area contributed by atoms with Crippen molar-refractivity contribution < 1.29 is 31.7 Å². The maximum Gasteiger partial charge on any atom is 0.477 e. The van der Waals surface area contributed by atoms with E-state index in [9.17, 15) is 19.0 Å². The number of phosphoric ester groups is 1. The molecule has 0 aliphatic rings. The summed E-state index contributed by atoms with van der Waals surface area (Å²) in [5, 5.41) is 15.8. The Labute approximate surface area is 241 Å². The third kappa shape index (κ3) is 7.97. The lowest BCUT2D eigenvalue weighted by molar-refractivity contribution is -0.114. The smallest absolute Gasteiger partial charge is 0.318 e. The van der Waals surface area contributed by atoms with Crippen molar-refractivity contribution in [1.29, 1.82) is 5.26 Å². The fourth-order valence-corrected chi connectivity index (χ4v) is 5.59. The Hall–Kier alpha value is -3.20. The number of hydrogen-bond donors (Lipinski definition) is 1. The minimum Gasteiger partial charge on any atom is -0.318 e. The predicted octanol–water partition coefficient (Wildman–Crippen LogP) is 7.37. The van der Waals surface area contributed by atoms with Crippen LogP contribution >= 0.6 is 19.4 Å². The number of benzene rings is 1. The molecule has 0 bridgehead atoms. The molecule has 0 atom stereocenters. The maximum absolute atomic E-state index is 15.4.